The standard InChI is InChI=1S/C30H33N7O3/c31-29-27-28(21-10-12-25(13-11-21)40-24-7-2-1-3-8-24)35-37(30(27)34-20-33-29)23-6-5-16-36(18-23)26(38)9-4-15-32-22-14-17-39-19-22/h1-4,7-13,20,22-23,32H,5-6,14-19H2,(H2,31,33,34)/b9-4+. The van der Waals surface area contributed by atoms with Crippen molar-refractivity contribution in [2.24, 2.45) is 0 Å². The third-order valence-electron chi connectivity index (χ3n) is 7.39. The van der Waals surface area contributed by atoms with Crippen molar-refractivity contribution in [2.45, 2.75) is 31.3 Å². The van der Waals surface area contributed by atoms with Crippen molar-refractivity contribution in [1.29, 1.82) is 0 Å². The van der Waals surface area contributed by atoms with E-state index in [0.717, 1.165) is 56.1 Å². The number of nitrogens with two attached hydrogens (primary N) is 1. The van der Waals surface area contributed by atoms with Crippen LogP contribution in [0.2, 0.25) is 0 Å². The lowest BCUT2D eigenvalue weighted by Gasteiger charge is -2.32. The molecule has 2 fully saturated rings. The number of nitrogens with zero attached hydrogens (tertiary/aromatic N) is 5. The third-order valence-corrected chi connectivity index (χ3v) is 7.39. The second-order valence-corrected chi connectivity index (χ2v) is 10.1. The number of piperidine rings is 1. The maximum absolute atomic E-state index is 13.0. The highest BCUT2D eigenvalue weighted by atomic mass is 16.5. The number of hydrogen-bond acceptors (Lipinski definition) is 8. The summed E-state index contributed by atoms with van der Waals surface area (Å²) in [4.78, 5) is 23.7. The Morgan fingerprint density at radius 3 is 2.73 bits per heavy atom. The van der Waals surface area contributed by atoms with Crippen LogP contribution in [0, 0.1) is 0 Å². The molecule has 2 aliphatic rings. The highest BCUT2D eigenvalue weighted by Gasteiger charge is 2.28. The average molecular weight is 540 g/mol. The Balaban J connectivity index is 1.20. The number of carbonyl (C=O) groups is 1. The van der Waals surface area contributed by atoms with Gasteiger partial charge in [0.1, 0.15) is 29.3 Å². The number of nitrogens with one attached hydrogen (secondary N) is 1. The largest absolute Gasteiger partial charge is 0.457 e. The molecule has 10 heteroatoms. The lowest BCUT2D eigenvalue weighted by Crippen LogP contribution is -2.40. The van der Waals surface area contributed by atoms with E-state index in [-0.39, 0.29) is 11.9 Å². The number of nitrogen functional groups attached to an aromatic ring is 1. The summed E-state index contributed by atoms with van der Waals surface area (Å²) in [6.45, 7) is 3.45. The van der Waals surface area contributed by atoms with Crippen LogP contribution in [0.4, 0.5) is 5.82 Å². The Bertz CT molecular complexity index is 1480. The molecule has 10 nitrogen and oxygen atoms in total. The van der Waals surface area contributed by atoms with Crippen LogP contribution in [-0.2, 0) is 9.53 Å². The van der Waals surface area contributed by atoms with Crippen LogP contribution in [0.15, 0.2) is 73.1 Å². The minimum absolute atomic E-state index is 0.00833. The van der Waals surface area contributed by atoms with Crippen molar-refractivity contribution in [2.75, 3.05) is 38.6 Å². The van der Waals surface area contributed by atoms with Crippen LogP contribution in [-0.4, -0.2) is 69.4 Å². The van der Waals surface area contributed by atoms with Crippen molar-refractivity contribution in [3.63, 3.8) is 0 Å². The highest BCUT2D eigenvalue weighted by Crippen LogP contribution is 2.34. The molecule has 2 saturated heterocycles. The first kappa shape index (κ1) is 26.0. The van der Waals surface area contributed by atoms with E-state index in [4.69, 9.17) is 20.3 Å². The smallest absolute Gasteiger partial charge is 0.246 e. The summed E-state index contributed by atoms with van der Waals surface area (Å²) in [7, 11) is 0. The molecule has 6 rings (SSSR count). The van der Waals surface area contributed by atoms with Gasteiger partial charge in [0.2, 0.25) is 5.91 Å². The molecule has 0 aliphatic carbocycles. The number of ether oxygens (including phenoxy) is 2. The number of carbonyl (C=O) groups excluding carboxylic acids is 1. The first-order chi connectivity index (χ1) is 19.7. The van der Waals surface area contributed by atoms with Gasteiger partial charge in [-0.3, -0.25) is 4.79 Å². The lowest BCUT2D eigenvalue weighted by molar-refractivity contribution is -0.127. The topological polar surface area (TPSA) is 120 Å². The lowest BCUT2D eigenvalue weighted by atomic mass is 10.1. The molecule has 0 spiro atoms. The number of fused-ring (bicyclic) bond motifs is 1. The zero-order chi connectivity index (χ0) is 27.3. The van der Waals surface area contributed by atoms with Gasteiger partial charge in [-0.25, -0.2) is 14.6 Å². The number of likely N-dealkylation sites (tertiary alicyclic amines) is 1. The average Bonchev–Trinajstić information content (AvgIpc) is 3.65. The number of rotatable bonds is 8. The summed E-state index contributed by atoms with van der Waals surface area (Å²) in [6, 6.07) is 17.7. The van der Waals surface area contributed by atoms with Gasteiger partial charge in [0.15, 0.2) is 5.65 Å². The van der Waals surface area contributed by atoms with Gasteiger partial charge in [0.05, 0.1) is 18.0 Å². The molecule has 2 aromatic heterocycles. The molecule has 3 N–H and O–H groups in total. The molecule has 0 radical (unpaired) electrons. The molecule has 2 atom stereocenters. The van der Waals surface area contributed by atoms with Crippen molar-refractivity contribution in [3.05, 3.63) is 73.1 Å². The Morgan fingerprint density at radius 2 is 1.93 bits per heavy atom. The van der Waals surface area contributed by atoms with Gasteiger partial charge >= 0.3 is 0 Å². The third kappa shape index (κ3) is 5.68. The molecule has 2 aliphatic heterocycles. The second kappa shape index (κ2) is 11.8. The van der Waals surface area contributed by atoms with E-state index in [9.17, 15) is 4.79 Å². The number of anilines is 1. The number of para-hydroxylation sites is 1. The molecule has 1 amide bonds. The van der Waals surface area contributed by atoms with Crippen molar-refractivity contribution in [1.82, 2.24) is 30.0 Å². The van der Waals surface area contributed by atoms with Crippen molar-refractivity contribution < 1.29 is 14.3 Å². The number of amides is 1. The van der Waals surface area contributed by atoms with Crippen LogP contribution in [0.3, 0.4) is 0 Å². The molecule has 0 saturated carbocycles. The summed E-state index contributed by atoms with van der Waals surface area (Å²) in [5, 5.41) is 9.10. The fourth-order valence-corrected chi connectivity index (χ4v) is 5.31. The first-order valence-electron chi connectivity index (χ1n) is 13.7. The SMILES string of the molecule is Nc1ncnc2c1c(-c1ccc(Oc3ccccc3)cc1)nn2C1CCCN(C(=O)/C=C/CNC2CCOC2)C1. The van der Waals surface area contributed by atoms with Gasteiger partial charge in [-0.1, -0.05) is 24.3 Å². The number of benzene rings is 2. The van der Waals surface area contributed by atoms with Gasteiger partial charge < -0.3 is 25.4 Å². The van der Waals surface area contributed by atoms with E-state index in [1.54, 1.807) is 6.08 Å². The zero-order valence-corrected chi connectivity index (χ0v) is 22.3. The maximum Gasteiger partial charge on any atom is 0.246 e. The van der Waals surface area contributed by atoms with Gasteiger partial charge in [0, 0.05) is 43.9 Å². The molecular weight excluding hydrogens is 506 g/mol. The van der Waals surface area contributed by atoms with E-state index in [1.165, 1.54) is 6.33 Å². The Morgan fingerprint density at radius 1 is 1.10 bits per heavy atom. The fourth-order valence-electron chi connectivity index (χ4n) is 5.31. The first-order valence-corrected chi connectivity index (χ1v) is 13.7. The normalized spacial score (nSPS) is 19.4. The summed E-state index contributed by atoms with van der Waals surface area (Å²) in [6.07, 6.45) is 7.80. The van der Waals surface area contributed by atoms with E-state index in [1.807, 2.05) is 70.3 Å². The second-order valence-electron chi connectivity index (χ2n) is 10.1. The summed E-state index contributed by atoms with van der Waals surface area (Å²) in [5.41, 5.74) is 8.61. The Hall–Kier alpha value is -4.28. The number of hydrogen-bond donors (Lipinski definition) is 2. The highest BCUT2D eigenvalue weighted by molar-refractivity contribution is 5.98. The molecule has 4 heterocycles. The fraction of sp³-hybridized carbons (Fsp3) is 0.333. The zero-order valence-electron chi connectivity index (χ0n) is 22.3. The molecule has 2 unspecified atom stereocenters. The van der Waals surface area contributed by atoms with Crippen LogP contribution < -0.4 is 15.8 Å². The van der Waals surface area contributed by atoms with Crippen LogP contribution in [0.5, 0.6) is 11.5 Å². The van der Waals surface area contributed by atoms with E-state index >= 15 is 0 Å². The minimum atomic E-state index is -0.0221. The summed E-state index contributed by atoms with van der Waals surface area (Å²) < 4.78 is 13.3. The molecule has 4 aromatic rings. The molecule has 40 heavy (non-hydrogen) atoms. The molecule has 0 bridgehead atoms. The Kier molecular flexibility index (Phi) is 7.69. The predicted molar refractivity (Wildman–Crippen MR) is 153 cm³/mol. The van der Waals surface area contributed by atoms with E-state index in [2.05, 4.69) is 15.3 Å². The van der Waals surface area contributed by atoms with Gasteiger partial charge in [0.25, 0.3) is 0 Å². The summed E-state index contributed by atoms with van der Waals surface area (Å²) >= 11 is 0. The molecular formula is C30H33N7O3. The minimum Gasteiger partial charge on any atom is -0.457 e. The van der Waals surface area contributed by atoms with Gasteiger partial charge in [-0.05, 0) is 55.7 Å². The van der Waals surface area contributed by atoms with Gasteiger partial charge in [-0.15, -0.1) is 0 Å². The van der Waals surface area contributed by atoms with Crippen LogP contribution in [0.1, 0.15) is 25.3 Å². The molecule has 206 valence electrons. The van der Waals surface area contributed by atoms with Crippen LogP contribution >= 0.6 is 0 Å². The quantitative estimate of drug-likeness (QED) is 0.323. The number of aromatic nitrogens is 4. The van der Waals surface area contributed by atoms with Gasteiger partial charge in [-0.2, -0.15) is 5.10 Å². The van der Waals surface area contributed by atoms with E-state index < -0.39 is 0 Å². The Labute approximate surface area is 232 Å². The molecule has 2 aromatic carbocycles. The van der Waals surface area contributed by atoms with Crippen molar-refractivity contribution >= 4 is 22.8 Å². The summed E-state index contributed by atoms with van der Waals surface area (Å²) in [5.74, 6) is 1.88. The van der Waals surface area contributed by atoms with E-state index in [0.29, 0.717) is 41.7 Å². The predicted octanol–water partition coefficient (Wildman–Crippen LogP) is 3.97. The van der Waals surface area contributed by atoms with Crippen molar-refractivity contribution in [3.8, 4) is 22.8 Å². The maximum atomic E-state index is 13.0. The monoisotopic (exact) mass is 539 g/mol. The van der Waals surface area contributed by atoms with Crippen LogP contribution in [0.25, 0.3) is 22.3 Å².